The van der Waals surface area contributed by atoms with Gasteiger partial charge < -0.3 is 15.5 Å². The zero-order chi connectivity index (χ0) is 13.3. The van der Waals surface area contributed by atoms with E-state index < -0.39 is 0 Å². The highest BCUT2D eigenvalue weighted by molar-refractivity contribution is 5.87. The van der Waals surface area contributed by atoms with E-state index >= 15 is 0 Å². The van der Waals surface area contributed by atoms with Crippen LogP contribution in [0.1, 0.15) is 18.4 Å². The predicted octanol–water partition coefficient (Wildman–Crippen LogP) is 1.63. The molecule has 1 amide bonds. The standard InChI is InChI=1S/C14H21N3O/c1-10-6-7-12(11(15)9-10)17-8-4-5-13(17)14(18)16(2)3/h6-7,9,13H,4-5,8,15H2,1-3H3. The van der Waals surface area contributed by atoms with Gasteiger partial charge in [-0.3, -0.25) is 4.79 Å². The zero-order valence-corrected chi connectivity index (χ0v) is 11.3. The number of nitrogens with zero attached hydrogens (tertiary/aromatic N) is 2. The maximum absolute atomic E-state index is 12.2. The van der Waals surface area contributed by atoms with Crippen molar-refractivity contribution in [3.05, 3.63) is 23.8 Å². The number of rotatable bonds is 2. The lowest BCUT2D eigenvalue weighted by Gasteiger charge is -2.29. The van der Waals surface area contributed by atoms with E-state index in [1.54, 1.807) is 19.0 Å². The summed E-state index contributed by atoms with van der Waals surface area (Å²) in [5.74, 6) is 0.160. The normalized spacial score (nSPS) is 19.1. The number of hydrogen-bond donors (Lipinski definition) is 1. The molecule has 1 aliphatic rings. The average molecular weight is 247 g/mol. The van der Waals surface area contributed by atoms with Gasteiger partial charge in [0.25, 0.3) is 0 Å². The monoisotopic (exact) mass is 247 g/mol. The van der Waals surface area contributed by atoms with Crippen LogP contribution in [0.4, 0.5) is 11.4 Å². The Morgan fingerprint density at radius 3 is 2.78 bits per heavy atom. The minimum atomic E-state index is -0.0648. The van der Waals surface area contributed by atoms with Gasteiger partial charge in [0.15, 0.2) is 0 Å². The van der Waals surface area contributed by atoms with Gasteiger partial charge in [0.05, 0.1) is 11.4 Å². The molecule has 0 aliphatic carbocycles. The van der Waals surface area contributed by atoms with Gasteiger partial charge in [0.1, 0.15) is 6.04 Å². The average Bonchev–Trinajstić information content (AvgIpc) is 2.76. The first kappa shape index (κ1) is 12.7. The molecule has 1 aromatic carbocycles. The van der Waals surface area contributed by atoms with Crippen LogP contribution in [0.3, 0.4) is 0 Å². The molecular formula is C14H21N3O. The number of nitrogens with two attached hydrogens (primary N) is 1. The van der Waals surface area contributed by atoms with Crippen LogP contribution in [-0.4, -0.2) is 37.5 Å². The van der Waals surface area contributed by atoms with Crippen molar-refractivity contribution in [3.63, 3.8) is 0 Å². The molecule has 1 aromatic rings. The van der Waals surface area contributed by atoms with Gasteiger partial charge in [0.2, 0.25) is 5.91 Å². The summed E-state index contributed by atoms with van der Waals surface area (Å²) in [4.78, 5) is 15.9. The minimum Gasteiger partial charge on any atom is -0.397 e. The lowest BCUT2D eigenvalue weighted by Crippen LogP contribution is -2.43. The predicted molar refractivity (Wildman–Crippen MR) is 74.7 cm³/mol. The van der Waals surface area contributed by atoms with Crippen molar-refractivity contribution in [3.8, 4) is 0 Å². The molecule has 1 heterocycles. The third-order valence-corrected chi connectivity index (χ3v) is 3.47. The van der Waals surface area contributed by atoms with E-state index in [4.69, 9.17) is 5.73 Å². The first-order valence-corrected chi connectivity index (χ1v) is 6.34. The van der Waals surface area contributed by atoms with Gasteiger partial charge in [-0.25, -0.2) is 0 Å². The largest absolute Gasteiger partial charge is 0.397 e. The summed E-state index contributed by atoms with van der Waals surface area (Å²) in [6.45, 7) is 2.92. The third kappa shape index (κ3) is 2.28. The number of nitrogen functional groups attached to an aromatic ring is 1. The summed E-state index contributed by atoms with van der Waals surface area (Å²) in [6, 6.07) is 5.96. The summed E-state index contributed by atoms with van der Waals surface area (Å²) < 4.78 is 0. The topological polar surface area (TPSA) is 49.6 Å². The van der Waals surface area contributed by atoms with Crippen molar-refractivity contribution >= 4 is 17.3 Å². The minimum absolute atomic E-state index is 0.0648. The number of carbonyl (C=O) groups excluding carboxylic acids is 1. The fourth-order valence-corrected chi connectivity index (χ4v) is 2.55. The van der Waals surface area contributed by atoms with Gasteiger partial charge in [-0.1, -0.05) is 6.07 Å². The smallest absolute Gasteiger partial charge is 0.244 e. The Hall–Kier alpha value is -1.71. The molecule has 0 bridgehead atoms. The molecule has 1 aliphatic heterocycles. The summed E-state index contributed by atoms with van der Waals surface area (Å²) in [7, 11) is 3.61. The van der Waals surface area contributed by atoms with Crippen LogP contribution < -0.4 is 10.6 Å². The molecule has 0 radical (unpaired) electrons. The van der Waals surface area contributed by atoms with E-state index in [0.717, 1.165) is 36.3 Å². The molecule has 1 atom stereocenters. The summed E-state index contributed by atoms with van der Waals surface area (Å²) in [6.07, 6.45) is 1.95. The fourth-order valence-electron chi connectivity index (χ4n) is 2.55. The quantitative estimate of drug-likeness (QED) is 0.808. The highest BCUT2D eigenvalue weighted by atomic mass is 16.2. The zero-order valence-electron chi connectivity index (χ0n) is 11.3. The van der Waals surface area contributed by atoms with Gasteiger partial charge in [-0.2, -0.15) is 0 Å². The van der Waals surface area contributed by atoms with Crippen molar-refractivity contribution in [2.45, 2.75) is 25.8 Å². The Bertz CT molecular complexity index is 456. The second kappa shape index (κ2) is 4.88. The molecule has 18 heavy (non-hydrogen) atoms. The van der Waals surface area contributed by atoms with Crippen molar-refractivity contribution < 1.29 is 4.79 Å². The first-order chi connectivity index (χ1) is 8.50. The molecule has 4 nitrogen and oxygen atoms in total. The lowest BCUT2D eigenvalue weighted by atomic mass is 10.1. The molecular weight excluding hydrogens is 226 g/mol. The SMILES string of the molecule is Cc1ccc(N2CCCC2C(=O)N(C)C)c(N)c1. The molecule has 1 unspecified atom stereocenters. The Kier molecular flexibility index (Phi) is 3.45. The van der Waals surface area contributed by atoms with Gasteiger partial charge in [-0.15, -0.1) is 0 Å². The highest BCUT2D eigenvalue weighted by Gasteiger charge is 2.32. The van der Waals surface area contributed by atoms with Crippen molar-refractivity contribution in [2.24, 2.45) is 0 Å². The highest BCUT2D eigenvalue weighted by Crippen LogP contribution is 2.31. The second-order valence-corrected chi connectivity index (χ2v) is 5.15. The molecule has 0 saturated carbocycles. The van der Waals surface area contributed by atoms with E-state index in [1.165, 1.54) is 0 Å². The maximum Gasteiger partial charge on any atom is 0.244 e. The summed E-state index contributed by atoms with van der Waals surface area (Å²) >= 11 is 0. The fraction of sp³-hybridized carbons (Fsp3) is 0.500. The van der Waals surface area contributed by atoms with Crippen LogP contribution in [0.2, 0.25) is 0 Å². The number of aryl methyl sites for hydroxylation is 1. The molecule has 2 N–H and O–H groups in total. The summed E-state index contributed by atoms with van der Waals surface area (Å²) in [5.41, 5.74) is 8.96. The van der Waals surface area contributed by atoms with Crippen molar-refractivity contribution in [2.75, 3.05) is 31.3 Å². The van der Waals surface area contributed by atoms with Crippen LogP contribution in [0, 0.1) is 6.92 Å². The molecule has 0 aromatic heterocycles. The van der Waals surface area contributed by atoms with Crippen LogP contribution in [-0.2, 0) is 4.79 Å². The summed E-state index contributed by atoms with van der Waals surface area (Å²) in [5, 5.41) is 0. The van der Waals surface area contributed by atoms with Crippen LogP contribution in [0.5, 0.6) is 0 Å². The Balaban J connectivity index is 2.29. The Morgan fingerprint density at radius 2 is 2.17 bits per heavy atom. The van der Waals surface area contributed by atoms with Gasteiger partial charge in [0, 0.05) is 20.6 Å². The van der Waals surface area contributed by atoms with E-state index in [0.29, 0.717) is 0 Å². The molecule has 1 saturated heterocycles. The second-order valence-electron chi connectivity index (χ2n) is 5.15. The maximum atomic E-state index is 12.2. The molecule has 4 heteroatoms. The van der Waals surface area contributed by atoms with Crippen molar-refractivity contribution in [1.29, 1.82) is 0 Å². The molecule has 98 valence electrons. The molecule has 2 rings (SSSR count). The van der Waals surface area contributed by atoms with Gasteiger partial charge in [-0.05, 0) is 37.5 Å². The first-order valence-electron chi connectivity index (χ1n) is 6.34. The van der Waals surface area contributed by atoms with Crippen LogP contribution in [0.15, 0.2) is 18.2 Å². The number of carbonyl (C=O) groups is 1. The van der Waals surface area contributed by atoms with E-state index in [9.17, 15) is 4.79 Å². The van der Waals surface area contributed by atoms with Crippen molar-refractivity contribution in [1.82, 2.24) is 4.90 Å². The number of hydrogen-bond acceptors (Lipinski definition) is 3. The Morgan fingerprint density at radius 1 is 1.44 bits per heavy atom. The van der Waals surface area contributed by atoms with E-state index in [-0.39, 0.29) is 11.9 Å². The van der Waals surface area contributed by atoms with Gasteiger partial charge >= 0.3 is 0 Å². The lowest BCUT2D eigenvalue weighted by molar-refractivity contribution is -0.129. The van der Waals surface area contributed by atoms with E-state index in [1.807, 2.05) is 25.1 Å². The number of likely N-dealkylation sites (N-methyl/N-ethyl adjacent to an activating group) is 1. The molecule has 0 spiro atoms. The Labute approximate surface area is 108 Å². The van der Waals surface area contributed by atoms with E-state index in [2.05, 4.69) is 4.90 Å². The number of benzene rings is 1. The molecule has 1 fully saturated rings. The number of anilines is 2. The third-order valence-electron chi connectivity index (χ3n) is 3.47. The van der Waals surface area contributed by atoms with Crippen LogP contribution in [0.25, 0.3) is 0 Å². The van der Waals surface area contributed by atoms with Crippen LogP contribution >= 0.6 is 0 Å². The number of amides is 1.